The van der Waals surface area contributed by atoms with Crippen LogP contribution in [0.25, 0.3) is 0 Å². The average molecular weight is 463 g/mol. The van der Waals surface area contributed by atoms with E-state index in [1.807, 2.05) is 0 Å². The molecule has 0 amide bonds. The van der Waals surface area contributed by atoms with Crippen LogP contribution >= 0.6 is 23.5 Å². The van der Waals surface area contributed by atoms with E-state index < -0.39 is 41.9 Å². The number of nitrogen functional groups attached to an aromatic ring is 1. The number of fused-ring (bicyclic) bond motifs is 1. The van der Waals surface area contributed by atoms with E-state index in [1.165, 1.54) is 16.8 Å². The van der Waals surface area contributed by atoms with Gasteiger partial charge in [-0.15, -0.1) is 0 Å². The molecule has 1 aliphatic carbocycles. The van der Waals surface area contributed by atoms with Crippen LogP contribution in [0.4, 0.5) is 5.82 Å². The van der Waals surface area contributed by atoms with Crippen LogP contribution in [0.2, 0.25) is 0 Å². The molecule has 1 aromatic heterocycles. The van der Waals surface area contributed by atoms with Gasteiger partial charge in [-0.25, -0.2) is 18.5 Å². The molecular weight excluding hydrogens is 447 g/mol. The zero-order valence-corrected chi connectivity index (χ0v) is 16.4. The highest BCUT2D eigenvalue weighted by atomic mass is 31.3. The van der Waals surface area contributed by atoms with E-state index in [4.69, 9.17) is 25.2 Å². The summed E-state index contributed by atoms with van der Waals surface area (Å²) in [5, 5.41) is 0. The maximum Gasteiger partial charge on any atom is 0.490 e. The van der Waals surface area contributed by atoms with Crippen molar-refractivity contribution in [3.8, 4) is 0 Å². The predicted octanol–water partition coefficient (Wildman–Crippen LogP) is -0.503. The zero-order chi connectivity index (χ0) is 20.9. The van der Waals surface area contributed by atoms with Crippen molar-refractivity contribution in [3.05, 3.63) is 22.7 Å². The lowest BCUT2D eigenvalue weighted by Crippen LogP contribution is -2.26. The van der Waals surface area contributed by atoms with E-state index in [1.54, 1.807) is 0 Å². The Morgan fingerprint density at radius 2 is 1.89 bits per heavy atom. The minimum Gasteiger partial charge on any atom is -0.383 e. The first kappa shape index (κ1) is 21.8. The summed E-state index contributed by atoms with van der Waals surface area (Å²) in [6.07, 6.45) is 0.811. The Morgan fingerprint density at radius 3 is 2.43 bits per heavy atom. The number of anilines is 1. The fourth-order valence-electron chi connectivity index (χ4n) is 2.97. The smallest absolute Gasteiger partial charge is 0.383 e. The number of phosphoric acid groups is 3. The lowest BCUT2D eigenvalue weighted by molar-refractivity contribution is 0.0193. The summed E-state index contributed by atoms with van der Waals surface area (Å²) in [5.41, 5.74) is 4.89. The summed E-state index contributed by atoms with van der Waals surface area (Å²) in [5.74, 6) is 0.0134. The molecule has 28 heavy (non-hydrogen) atoms. The molecule has 2 aliphatic rings. The standard InChI is InChI=1S/C10H16N3O12P3/c11-7-1-2-13(10(14)12-7)8-6-3-5(23-9(6)8)4-22-27(18,19)25-28(20,21)24-26(15,16)17/h1-2,5-6,8-9H,3-4H2,(H,18,19)(H,20,21)(H2,11,12,14)(H2,15,16,17)/t5-,6+,8?,9?/m0/s1. The van der Waals surface area contributed by atoms with Crippen molar-refractivity contribution in [1.29, 1.82) is 0 Å². The molecule has 0 radical (unpaired) electrons. The molecule has 158 valence electrons. The maximum absolute atomic E-state index is 11.8. The highest BCUT2D eigenvalue weighted by Gasteiger charge is 2.59. The van der Waals surface area contributed by atoms with E-state index in [-0.39, 0.29) is 23.9 Å². The second kappa shape index (κ2) is 7.38. The van der Waals surface area contributed by atoms with E-state index in [2.05, 4.69) is 18.1 Å². The molecule has 1 aromatic rings. The lowest BCUT2D eigenvalue weighted by Gasteiger charge is -2.19. The maximum atomic E-state index is 11.8. The molecule has 6 N–H and O–H groups in total. The largest absolute Gasteiger partial charge is 0.490 e. The van der Waals surface area contributed by atoms with E-state index in [9.17, 15) is 23.4 Å². The van der Waals surface area contributed by atoms with Gasteiger partial charge in [0, 0.05) is 12.1 Å². The number of hydrogen-bond acceptors (Lipinski definition) is 10. The second-order valence-electron chi connectivity index (χ2n) is 6.04. The Kier molecular flexibility index (Phi) is 5.74. The van der Waals surface area contributed by atoms with Crippen molar-refractivity contribution < 1.29 is 51.2 Å². The molecule has 1 aliphatic heterocycles. The summed E-state index contributed by atoms with van der Waals surface area (Å²) >= 11 is 0. The average Bonchev–Trinajstić information content (AvgIpc) is 2.96. The van der Waals surface area contributed by atoms with E-state index >= 15 is 0 Å². The van der Waals surface area contributed by atoms with Crippen molar-refractivity contribution >= 4 is 29.3 Å². The lowest BCUT2D eigenvalue weighted by atomic mass is 10.2. The number of ether oxygens (including phenoxy) is 1. The quantitative estimate of drug-likeness (QED) is 0.306. The fourth-order valence-corrected chi connectivity index (χ4v) is 6.02. The summed E-state index contributed by atoms with van der Waals surface area (Å²) in [7, 11) is -16.2. The van der Waals surface area contributed by atoms with Gasteiger partial charge in [0.15, 0.2) is 0 Å². The number of hydrogen-bond donors (Lipinski definition) is 5. The predicted molar refractivity (Wildman–Crippen MR) is 88.5 cm³/mol. The molecule has 4 unspecified atom stereocenters. The van der Waals surface area contributed by atoms with Crippen LogP contribution < -0.4 is 11.4 Å². The minimum atomic E-state index is -5.56. The number of nitrogens with two attached hydrogens (primary N) is 1. The Hall–Kier alpha value is -0.950. The summed E-state index contributed by atoms with van der Waals surface area (Å²) in [6.45, 7) is -0.516. The molecular formula is C10H16N3O12P3. The zero-order valence-electron chi connectivity index (χ0n) is 13.7. The summed E-state index contributed by atoms with van der Waals surface area (Å²) in [6, 6.07) is 1.20. The van der Waals surface area contributed by atoms with Gasteiger partial charge in [-0.3, -0.25) is 9.09 Å². The molecule has 2 fully saturated rings. The Bertz CT molecular complexity index is 948. The van der Waals surface area contributed by atoms with Crippen molar-refractivity contribution in [2.75, 3.05) is 12.3 Å². The first-order chi connectivity index (χ1) is 12.8. The molecule has 0 aromatic carbocycles. The number of aromatic nitrogens is 2. The second-order valence-corrected chi connectivity index (χ2v) is 10.5. The van der Waals surface area contributed by atoms with Crippen LogP contribution in [0, 0.1) is 5.92 Å². The van der Waals surface area contributed by atoms with Crippen LogP contribution in [0.1, 0.15) is 12.5 Å². The van der Waals surface area contributed by atoms with Gasteiger partial charge in [0.25, 0.3) is 0 Å². The molecule has 6 atom stereocenters. The molecule has 0 spiro atoms. The van der Waals surface area contributed by atoms with Crippen LogP contribution in [0.15, 0.2) is 17.1 Å². The van der Waals surface area contributed by atoms with Gasteiger partial charge >= 0.3 is 29.2 Å². The van der Waals surface area contributed by atoms with E-state index in [0.29, 0.717) is 6.42 Å². The van der Waals surface area contributed by atoms with Gasteiger partial charge in [-0.2, -0.15) is 13.6 Å². The Morgan fingerprint density at radius 1 is 1.21 bits per heavy atom. The van der Waals surface area contributed by atoms with Gasteiger partial charge in [0.1, 0.15) is 5.82 Å². The third kappa shape index (κ3) is 5.35. The molecule has 0 bridgehead atoms. The third-order valence-corrected chi connectivity index (χ3v) is 7.76. The van der Waals surface area contributed by atoms with Gasteiger partial charge in [0.05, 0.1) is 24.9 Å². The van der Waals surface area contributed by atoms with Crippen LogP contribution in [-0.4, -0.2) is 47.9 Å². The van der Waals surface area contributed by atoms with Crippen molar-refractivity contribution in [3.63, 3.8) is 0 Å². The van der Waals surface area contributed by atoms with Gasteiger partial charge in [-0.05, 0) is 12.5 Å². The monoisotopic (exact) mass is 463 g/mol. The Labute approximate surface area is 156 Å². The van der Waals surface area contributed by atoms with Gasteiger partial charge in [-0.1, -0.05) is 0 Å². The summed E-state index contributed by atoms with van der Waals surface area (Å²) < 4.78 is 52.1. The van der Waals surface area contributed by atoms with Crippen molar-refractivity contribution in [2.45, 2.75) is 24.7 Å². The SMILES string of the molecule is Nc1ccn(C2C3O[C@H](COP(=O)(O)OP(=O)(O)OP(=O)(O)O)C[C@@H]32)c(=O)n1. The molecule has 1 saturated heterocycles. The van der Waals surface area contributed by atoms with Gasteiger partial charge < -0.3 is 30.0 Å². The molecule has 15 nitrogen and oxygen atoms in total. The highest BCUT2D eigenvalue weighted by molar-refractivity contribution is 7.66. The molecule has 18 heteroatoms. The normalized spacial score (nSPS) is 31.0. The van der Waals surface area contributed by atoms with Crippen molar-refractivity contribution in [2.24, 2.45) is 5.92 Å². The third-order valence-electron chi connectivity index (χ3n) is 3.95. The highest BCUT2D eigenvalue weighted by Crippen LogP contribution is 2.66. The van der Waals surface area contributed by atoms with Crippen LogP contribution in [-0.2, 0) is 31.6 Å². The molecule has 1 saturated carbocycles. The Balaban J connectivity index is 1.50. The van der Waals surface area contributed by atoms with Crippen LogP contribution in [0.3, 0.4) is 0 Å². The van der Waals surface area contributed by atoms with Crippen molar-refractivity contribution in [1.82, 2.24) is 9.55 Å². The minimum absolute atomic E-state index is 0.0716. The fraction of sp³-hybridized carbons (Fsp3) is 0.600. The number of rotatable bonds is 8. The van der Waals surface area contributed by atoms with Crippen LogP contribution in [0.5, 0.6) is 0 Å². The van der Waals surface area contributed by atoms with Gasteiger partial charge in [0.2, 0.25) is 0 Å². The first-order valence-corrected chi connectivity index (χ1v) is 12.1. The molecule has 2 heterocycles. The first-order valence-electron chi connectivity index (χ1n) is 7.55. The summed E-state index contributed by atoms with van der Waals surface area (Å²) in [4.78, 5) is 50.8. The number of nitrogens with zero attached hydrogens (tertiary/aromatic N) is 2. The topological polar surface area (TPSA) is 230 Å². The number of phosphoric ester groups is 1. The van der Waals surface area contributed by atoms with E-state index in [0.717, 1.165) is 0 Å². The molecule has 3 rings (SSSR count).